The molecule has 0 aliphatic carbocycles. The first-order chi connectivity index (χ1) is 9.99. The molecule has 0 saturated heterocycles. The summed E-state index contributed by atoms with van der Waals surface area (Å²) in [6.07, 6.45) is 0. The molecule has 110 valence electrons. The molecule has 2 aromatic carbocycles. The number of carbonyl (C=O) groups is 1. The fourth-order valence-electron chi connectivity index (χ4n) is 1.99. The molecule has 0 bridgehead atoms. The summed E-state index contributed by atoms with van der Waals surface area (Å²) in [7, 11) is 0. The van der Waals surface area contributed by atoms with Crippen molar-refractivity contribution in [3.05, 3.63) is 71.3 Å². The molecule has 0 spiro atoms. The first kappa shape index (κ1) is 15.4. The highest BCUT2D eigenvalue weighted by molar-refractivity contribution is 6.30. The van der Waals surface area contributed by atoms with Crippen LogP contribution in [0.15, 0.2) is 48.5 Å². The molecule has 1 amide bonds. The molecule has 2 rings (SSSR count). The van der Waals surface area contributed by atoms with E-state index in [4.69, 9.17) is 11.6 Å². The summed E-state index contributed by atoms with van der Waals surface area (Å²) in [4.78, 5) is 12.1. The lowest BCUT2D eigenvalue weighted by Gasteiger charge is -2.17. The van der Waals surface area contributed by atoms with Crippen LogP contribution in [0.25, 0.3) is 0 Å². The average Bonchev–Trinajstić information content (AvgIpc) is 2.47. The zero-order valence-electron chi connectivity index (χ0n) is 11.3. The molecular formula is C16H14ClF2NO. The van der Waals surface area contributed by atoms with Crippen LogP contribution in [0, 0.1) is 11.6 Å². The highest BCUT2D eigenvalue weighted by Gasteiger charge is 2.21. The lowest BCUT2D eigenvalue weighted by atomic mass is 10.1. The minimum atomic E-state index is -0.864. The lowest BCUT2D eigenvalue weighted by Crippen LogP contribution is -2.30. The molecule has 2 aromatic rings. The third kappa shape index (κ3) is 3.79. The molecule has 2 unspecified atom stereocenters. The Kier molecular flexibility index (Phi) is 4.91. The molecule has 2 nitrogen and oxygen atoms in total. The fraction of sp³-hybridized carbons (Fsp3) is 0.188. The third-order valence-corrected chi connectivity index (χ3v) is 3.56. The van der Waals surface area contributed by atoms with E-state index in [0.29, 0.717) is 5.56 Å². The standard InChI is InChI=1S/C16H14ClF2NO/c1-10(13-8-7-12(18)9-14(13)19)20-16(21)15(17)11-5-3-2-4-6-11/h2-10,15H,1H3,(H,20,21). The van der Waals surface area contributed by atoms with Crippen molar-refractivity contribution in [3.8, 4) is 0 Å². The van der Waals surface area contributed by atoms with Crippen LogP contribution in [0.1, 0.15) is 29.5 Å². The fourth-order valence-corrected chi connectivity index (χ4v) is 2.20. The first-order valence-electron chi connectivity index (χ1n) is 6.43. The second-order valence-corrected chi connectivity index (χ2v) is 5.11. The zero-order chi connectivity index (χ0) is 15.4. The van der Waals surface area contributed by atoms with Crippen molar-refractivity contribution in [3.63, 3.8) is 0 Å². The molecule has 0 heterocycles. The second kappa shape index (κ2) is 6.68. The largest absolute Gasteiger partial charge is 0.348 e. The number of rotatable bonds is 4. The molecule has 0 aliphatic heterocycles. The quantitative estimate of drug-likeness (QED) is 0.846. The highest BCUT2D eigenvalue weighted by atomic mass is 35.5. The first-order valence-corrected chi connectivity index (χ1v) is 6.87. The molecule has 21 heavy (non-hydrogen) atoms. The van der Waals surface area contributed by atoms with Gasteiger partial charge in [0.25, 0.3) is 0 Å². The van der Waals surface area contributed by atoms with Crippen molar-refractivity contribution < 1.29 is 13.6 Å². The number of benzene rings is 2. The summed E-state index contributed by atoms with van der Waals surface area (Å²) >= 11 is 6.09. The molecular weight excluding hydrogens is 296 g/mol. The van der Waals surface area contributed by atoms with Gasteiger partial charge in [0.1, 0.15) is 17.0 Å². The molecule has 0 aromatic heterocycles. The molecule has 0 fully saturated rings. The van der Waals surface area contributed by atoms with Gasteiger partial charge in [-0.25, -0.2) is 8.78 Å². The summed E-state index contributed by atoms with van der Waals surface area (Å²) < 4.78 is 26.5. The van der Waals surface area contributed by atoms with E-state index in [1.165, 1.54) is 6.07 Å². The van der Waals surface area contributed by atoms with E-state index in [-0.39, 0.29) is 5.56 Å². The van der Waals surface area contributed by atoms with Gasteiger partial charge in [0.2, 0.25) is 5.91 Å². The van der Waals surface area contributed by atoms with Crippen molar-refractivity contribution in [2.24, 2.45) is 0 Å². The number of amides is 1. The van der Waals surface area contributed by atoms with E-state index in [1.807, 2.05) is 6.07 Å². The minimum Gasteiger partial charge on any atom is -0.348 e. The average molecular weight is 310 g/mol. The molecule has 0 radical (unpaired) electrons. The van der Waals surface area contributed by atoms with Crippen LogP contribution in [0.5, 0.6) is 0 Å². The number of hydrogen-bond donors (Lipinski definition) is 1. The maximum atomic E-state index is 13.7. The van der Waals surface area contributed by atoms with Crippen LogP contribution < -0.4 is 5.32 Å². The summed E-state index contributed by atoms with van der Waals surface area (Å²) in [5.74, 6) is -1.79. The van der Waals surface area contributed by atoms with Crippen molar-refractivity contribution in [2.75, 3.05) is 0 Å². The monoisotopic (exact) mass is 309 g/mol. The molecule has 0 saturated carbocycles. The number of hydrogen-bond acceptors (Lipinski definition) is 1. The van der Waals surface area contributed by atoms with E-state index in [1.54, 1.807) is 31.2 Å². The van der Waals surface area contributed by atoms with Gasteiger partial charge in [0.15, 0.2) is 0 Å². The Bertz CT molecular complexity index is 633. The smallest absolute Gasteiger partial charge is 0.243 e. The van der Waals surface area contributed by atoms with Crippen molar-refractivity contribution >= 4 is 17.5 Å². The number of alkyl halides is 1. The number of halogens is 3. The number of nitrogens with one attached hydrogen (secondary N) is 1. The van der Waals surface area contributed by atoms with E-state index in [9.17, 15) is 13.6 Å². The van der Waals surface area contributed by atoms with Crippen molar-refractivity contribution in [1.29, 1.82) is 0 Å². The molecule has 5 heteroatoms. The van der Waals surface area contributed by atoms with Crippen molar-refractivity contribution in [1.82, 2.24) is 5.32 Å². The van der Waals surface area contributed by atoms with Gasteiger partial charge in [-0.05, 0) is 18.6 Å². The van der Waals surface area contributed by atoms with E-state index in [0.717, 1.165) is 12.1 Å². The lowest BCUT2D eigenvalue weighted by molar-refractivity contribution is -0.121. The summed E-state index contributed by atoms with van der Waals surface area (Å²) in [6.45, 7) is 1.61. The van der Waals surface area contributed by atoms with Gasteiger partial charge in [-0.1, -0.05) is 36.4 Å². The van der Waals surface area contributed by atoms with E-state index < -0.39 is 29.0 Å². The van der Waals surface area contributed by atoms with Gasteiger partial charge in [0, 0.05) is 11.6 Å². The minimum absolute atomic E-state index is 0.210. The Morgan fingerprint density at radius 1 is 1.14 bits per heavy atom. The second-order valence-electron chi connectivity index (χ2n) is 4.67. The van der Waals surface area contributed by atoms with Crippen LogP contribution in [0.3, 0.4) is 0 Å². The van der Waals surface area contributed by atoms with Gasteiger partial charge >= 0.3 is 0 Å². The SMILES string of the molecule is CC(NC(=O)C(Cl)c1ccccc1)c1ccc(F)cc1F. The predicted molar refractivity (Wildman–Crippen MR) is 78.0 cm³/mol. The Hall–Kier alpha value is -1.94. The normalized spacial score (nSPS) is 13.5. The summed E-state index contributed by atoms with van der Waals surface area (Å²) in [6, 6.07) is 11.5. The topological polar surface area (TPSA) is 29.1 Å². The number of carbonyl (C=O) groups excluding carboxylic acids is 1. The summed E-state index contributed by atoms with van der Waals surface area (Å²) in [5.41, 5.74) is 0.866. The predicted octanol–water partition coefficient (Wildman–Crippen LogP) is 4.12. The van der Waals surface area contributed by atoms with Crippen LogP contribution >= 0.6 is 11.6 Å². The van der Waals surface area contributed by atoms with Gasteiger partial charge in [-0.15, -0.1) is 11.6 Å². The van der Waals surface area contributed by atoms with Crippen LogP contribution in [-0.2, 0) is 4.79 Å². The Morgan fingerprint density at radius 2 is 1.81 bits per heavy atom. The Labute approximate surface area is 126 Å². The van der Waals surface area contributed by atoms with Crippen LogP contribution in [0.2, 0.25) is 0 Å². The zero-order valence-corrected chi connectivity index (χ0v) is 12.1. The molecule has 2 atom stereocenters. The van der Waals surface area contributed by atoms with Gasteiger partial charge in [-0.2, -0.15) is 0 Å². The van der Waals surface area contributed by atoms with Crippen LogP contribution in [-0.4, -0.2) is 5.91 Å². The summed E-state index contributed by atoms with van der Waals surface area (Å²) in [5, 5.41) is 1.76. The van der Waals surface area contributed by atoms with Gasteiger partial charge < -0.3 is 5.32 Å². The molecule has 1 N–H and O–H groups in total. The van der Waals surface area contributed by atoms with E-state index in [2.05, 4.69) is 5.32 Å². The van der Waals surface area contributed by atoms with Gasteiger partial charge in [0.05, 0.1) is 6.04 Å². The van der Waals surface area contributed by atoms with Gasteiger partial charge in [-0.3, -0.25) is 4.79 Å². The third-order valence-electron chi connectivity index (χ3n) is 3.11. The van der Waals surface area contributed by atoms with Crippen molar-refractivity contribution in [2.45, 2.75) is 18.3 Å². The molecule has 0 aliphatic rings. The maximum absolute atomic E-state index is 13.7. The maximum Gasteiger partial charge on any atom is 0.243 e. The Balaban J connectivity index is 2.08. The van der Waals surface area contributed by atoms with Crippen LogP contribution in [0.4, 0.5) is 8.78 Å². The van der Waals surface area contributed by atoms with E-state index >= 15 is 0 Å². The highest BCUT2D eigenvalue weighted by Crippen LogP contribution is 2.23. The Morgan fingerprint density at radius 3 is 2.43 bits per heavy atom.